The van der Waals surface area contributed by atoms with Gasteiger partial charge in [-0.25, -0.2) is 27.0 Å². The van der Waals surface area contributed by atoms with Crippen molar-refractivity contribution in [3.63, 3.8) is 0 Å². The van der Waals surface area contributed by atoms with Crippen LogP contribution in [-0.4, -0.2) is 89.2 Å². The smallest absolute Gasteiger partial charge is 0.318 e. The molecule has 57 heavy (non-hydrogen) atoms. The van der Waals surface area contributed by atoms with E-state index < -0.39 is 33.6 Å². The van der Waals surface area contributed by atoms with Gasteiger partial charge in [-0.2, -0.15) is 10.2 Å². The summed E-state index contributed by atoms with van der Waals surface area (Å²) in [5.74, 6) is -1.10. The Balaban J connectivity index is 1.32. The van der Waals surface area contributed by atoms with Crippen LogP contribution in [0.5, 0.6) is 11.5 Å². The van der Waals surface area contributed by atoms with E-state index in [2.05, 4.69) is 10.4 Å². The van der Waals surface area contributed by atoms with Crippen LogP contribution in [0.1, 0.15) is 25.6 Å². The van der Waals surface area contributed by atoms with Gasteiger partial charge in [0, 0.05) is 76.1 Å². The van der Waals surface area contributed by atoms with Crippen molar-refractivity contribution in [2.24, 2.45) is 7.05 Å². The number of fused-ring (bicyclic) bond motifs is 6. The van der Waals surface area contributed by atoms with E-state index in [0.717, 1.165) is 34.7 Å². The number of ether oxygens (including phenoxy) is 3. The van der Waals surface area contributed by atoms with Crippen molar-refractivity contribution >= 4 is 48.2 Å². The number of halogens is 2. The molecule has 8 rings (SSSR count). The maximum Gasteiger partial charge on any atom is 0.318 e. The summed E-state index contributed by atoms with van der Waals surface area (Å²) < 4.78 is 77.0. The van der Waals surface area contributed by atoms with Crippen molar-refractivity contribution in [3.8, 4) is 45.3 Å². The SMILES string of the molecule is C[C@H](/C=C\S(C)(=O)=O)NC(=O)N1CCn2nc(-c3nc4c5ccsc5c3-c3c(F)cc(F)cc3OCCOC/C=C/COc3cc5c(cnn5C)cc3-4)cc2[C@H]1C. The molecule has 13 nitrogen and oxygen atoms in total. The largest absolute Gasteiger partial charge is 0.490 e. The molecule has 17 heteroatoms. The minimum Gasteiger partial charge on any atom is -0.490 e. The first-order valence-electron chi connectivity index (χ1n) is 18.2. The third-order valence-electron chi connectivity index (χ3n) is 9.91. The molecule has 6 aromatic rings. The van der Waals surface area contributed by atoms with Crippen LogP contribution >= 0.6 is 11.3 Å². The highest BCUT2D eigenvalue weighted by atomic mass is 32.2. The number of amides is 2. The first kappa shape index (κ1) is 38.2. The van der Waals surface area contributed by atoms with Crippen LogP contribution in [0.3, 0.4) is 0 Å². The zero-order valence-electron chi connectivity index (χ0n) is 31.5. The van der Waals surface area contributed by atoms with Gasteiger partial charge in [0.15, 0.2) is 9.84 Å². The molecule has 2 aliphatic heterocycles. The maximum absolute atomic E-state index is 16.4. The molecule has 4 aromatic heterocycles. The van der Waals surface area contributed by atoms with Crippen molar-refractivity contribution in [1.82, 2.24) is 34.8 Å². The minimum absolute atomic E-state index is 0.0125. The van der Waals surface area contributed by atoms with Crippen LogP contribution in [0.4, 0.5) is 13.6 Å². The average Bonchev–Trinajstić information content (AvgIpc) is 3.91. The predicted molar refractivity (Wildman–Crippen MR) is 214 cm³/mol. The van der Waals surface area contributed by atoms with Crippen LogP contribution in [-0.2, 0) is 28.2 Å². The summed E-state index contributed by atoms with van der Waals surface area (Å²) in [4.78, 5) is 20.4. The molecule has 0 radical (unpaired) electrons. The van der Waals surface area contributed by atoms with Gasteiger partial charge in [-0.05, 0) is 43.5 Å². The Labute approximate surface area is 331 Å². The second kappa shape index (κ2) is 15.4. The first-order valence-corrected chi connectivity index (χ1v) is 21.1. The number of nitrogens with one attached hydrogen (secondary N) is 1. The number of carbonyl (C=O) groups is 1. The number of benzene rings is 2. The minimum atomic E-state index is -3.37. The average molecular weight is 816 g/mol. The summed E-state index contributed by atoms with van der Waals surface area (Å²) in [6, 6.07) is 8.24. The van der Waals surface area contributed by atoms with Gasteiger partial charge in [0.2, 0.25) is 0 Å². The van der Waals surface area contributed by atoms with Gasteiger partial charge < -0.3 is 24.4 Å². The van der Waals surface area contributed by atoms with Crippen molar-refractivity contribution in [1.29, 1.82) is 0 Å². The van der Waals surface area contributed by atoms with E-state index >= 15 is 4.39 Å². The summed E-state index contributed by atoms with van der Waals surface area (Å²) in [7, 11) is -1.51. The molecule has 2 amide bonds. The fraction of sp³-hybridized carbons (Fsp3) is 0.300. The molecule has 0 saturated heterocycles. The van der Waals surface area contributed by atoms with E-state index in [-0.39, 0.29) is 43.8 Å². The number of rotatable bonds is 4. The van der Waals surface area contributed by atoms with Crippen molar-refractivity contribution < 1.29 is 36.2 Å². The standard InChI is InChI=1S/C40H39F2N7O6S2/c1-23(8-16-57(4,51)52)44-40(50)48-9-10-49-31(24(48)2)20-30(46-49)38-36-35-29(42)18-26(41)19-34(35)55-14-13-53-11-5-6-12-54-33-21-32-25(22-43-47(32)3)17-28(33)37(45-38)27-7-15-56-39(27)36/h5-8,15-24H,9-14H2,1-4H3,(H,44,50)/b6-5+,16-8-/t23-,24-/m1/s1. The highest BCUT2D eigenvalue weighted by Crippen LogP contribution is 2.49. The number of nitrogens with zero attached hydrogens (tertiary/aromatic N) is 6. The molecule has 0 unspecified atom stereocenters. The van der Waals surface area contributed by atoms with Crippen LogP contribution in [0.15, 0.2) is 71.6 Å². The van der Waals surface area contributed by atoms with E-state index in [1.807, 2.05) is 55.8 Å². The highest BCUT2D eigenvalue weighted by Gasteiger charge is 2.33. The lowest BCUT2D eigenvalue weighted by Gasteiger charge is -2.34. The van der Waals surface area contributed by atoms with Gasteiger partial charge in [-0.3, -0.25) is 9.36 Å². The Morgan fingerprint density at radius 3 is 2.68 bits per heavy atom. The zero-order chi connectivity index (χ0) is 40.0. The normalized spacial score (nSPS) is 17.4. The Bertz CT molecular complexity index is 2710. The third kappa shape index (κ3) is 7.61. The highest BCUT2D eigenvalue weighted by molar-refractivity contribution is 7.93. The Hall–Kier alpha value is -5.65. The van der Waals surface area contributed by atoms with Gasteiger partial charge in [0.05, 0.1) is 54.5 Å². The molecular formula is C40H39F2N7O6S2. The second-order valence-electron chi connectivity index (χ2n) is 13.9. The quantitative estimate of drug-likeness (QED) is 0.186. The third-order valence-corrected chi connectivity index (χ3v) is 11.5. The van der Waals surface area contributed by atoms with E-state index in [9.17, 15) is 17.6 Å². The molecule has 2 bridgehead atoms. The molecule has 2 atom stereocenters. The van der Waals surface area contributed by atoms with Gasteiger partial charge in [0.25, 0.3) is 0 Å². The number of sulfone groups is 1. The number of hydrogen-bond acceptors (Lipinski definition) is 10. The summed E-state index contributed by atoms with van der Waals surface area (Å²) in [6.45, 7) is 4.92. The Morgan fingerprint density at radius 2 is 1.86 bits per heavy atom. The Kier molecular flexibility index (Phi) is 10.3. The molecule has 6 heterocycles. The van der Waals surface area contributed by atoms with Gasteiger partial charge in [-0.1, -0.05) is 12.2 Å². The fourth-order valence-electron chi connectivity index (χ4n) is 7.16. The van der Waals surface area contributed by atoms with Crippen LogP contribution < -0.4 is 14.8 Å². The van der Waals surface area contributed by atoms with Crippen molar-refractivity contribution in [2.45, 2.75) is 32.5 Å². The second-order valence-corrected chi connectivity index (χ2v) is 16.8. The van der Waals surface area contributed by atoms with Crippen molar-refractivity contribution in [2.75, 3.05) is 39.2 Å². The molecule has 2 aromatic carbocycles. The summed E-state index contributed by atoms with van der Waals surface area (Å²) >= 11 is 1.38. The molecule has 0 fully saturated rings. The van der Waals surface area contributed by atoms with E-state index in [4.69, 9.17) is 24.3 Å². The van der Waals surface area contributed by atoms with Crippen LogP contribution in [0, 0.1) is 11.6 Å². The summed E-state index contributed by atoms with van der Waals surface area (Å²) in [5.41, 5.74) is 3.90. The lowest BCUT2D eigenvalue weighted by molar-refractivity contribution is 0.120. The summed E-state index contributed by atoms with van der Waals surface area (Å²) in [5, 5.41) is 16.8. The molecule has 0 saturated carbocycles. The fourth-order valence-corrected chi connectivity index (χ4v) is 8.63. The summed E-state index contributed by atoms with van der Waals surface area (Å²) in [6.07, 6.45) is 7.95. The first-order chi connectivity index (χ1) is 27.4. The van der Waals surface area contributed by atoms with Gasteiger partial charge in [-0.15, -0.1) is 11.3 Å². The van der Waals surface area contributed by atoms with E-state index in [1.165, 1.54) is 17.4 Å². The molecule has 2 aliphatic rings. The number of aryl methyl sites for hydroxylation is 1. The topological polar surface area (TPSA) is 143 Å². The number of aromatic nitrogens is 5. The molecule has 0 spiro atoms. The molecular weight excluding hydrogens is 777 g/mol. The number of urea groups is 1. The number of hydrogen-bond donors (Lipinski definition) is 1. The van der Waals surface area contributed by atoms with Crippen molar-refractivity contribution in [3.05, 3.63) is 88.9 Å². The lowest BCUT2D eigenvalue weighted by Crippen LogP contribution is -2.48. The van der Waals surface area contributed by atoms with Gasteiger partial charge in [0.1, 0.15) is 47.7 Å². The van der Waals surface area contributed by atoms with Crippen LogP contribution in [0.2, 0.25) is 0 Å². The number of pyridine rings is 1. The number of carbonyl (C=O) groups excluding carboxylic acids is 1. The lowest BCUT2D eigenvalue weighted by atomic mass is 9.95. The Morgan fingerprint density at radius 1 is 1.04 bits per heavy atom. The number of thiophene rings is 1. The predicted octanol–water partition coefficient (Wildman–Crippen LogP) is 7.04. The molecule has 296 valence electrons. The van der Waals surface area contributed by atoms with E-state index in [1.54, 1.807) is 27.4 Å². The molecule has 1 N–H and O–H groups in total. The molecule has 0 aliphatic carbocycles. The van der Waals surface area contributed by atoms with Gasteiger partial charge >= 0.3 is 6.03 Å². The van der Waals surface area contributed by atoms with E-state index in [0.29, 0.717) is 62.8 Å². The maximum atomic E-state index is 16.4. The monoisotopic (exact) mass is 815 g/mol. The van der Waals surface area contributed by atoms with Crippen LogP contribution in [0.25, 0.3) is 54.8 Å². The zero-order valence-corrected chi connectivity index (χ0v) is 33.2.